The van der Waals surface area contributed by atoms with Gasteiger partial charge < -0.3 is 11.1 Å². The summed E-state index contributed by atoms with van der Waals surface area (Å²) in [6, 6.07) is 7.74. The number of carbonyl (C=O) groups is 2. The van der Waals surface area contributed by atoms with Crippen LogP contribution in [-0.4, -0.2) is 21.6 Å². The Morgan fingerprint density at radius 3 is 2.53 bits per heavy atom. The minimum atomic E-state index is -0.497. The number of rotatable bonds is 4. The van der Waals surface area contributed by atoms with E-state index in [1.165, 1.54) is 0 Å². The SMILES string of the molecule is C[C@@H](C(=O)Nc1ccc(C(N)=O)cc1)n1cccn1. The average molecular weight is 258 g/mol. The molecular formula is C13H14N4O2. The smallest absolute Gasteiger partial charge is 0.248 e. The van der Waals surface area contributed by atoms with Crippen molar-refractivity contribution < 1.29 is 9.59 Å². The van der Waals surface area contributed by atoms with Gasteiger partial charge in [0, 0.05) is 23.6 Å². The van der Waals surface area contributed by atoms with Crippen molar-refractivity contribution in [3.63, 3.8) is 0 Å². The first-order valence-corrected chi connectivity index (χ1v) is 5.78. The highest BCUT2D eigenvalue weighted by molar-refractivity contribution is 5.95. The van der Waals surface area contributed by atoms with Crippen LogP contribution < -0.4 is 11.1 Å². The molecule has 2 amide bonds. The van der Waals surface area contributed by atoms with Gasteiger partial charge in [-0.25, -0.2) is 0 Å². The summed E-state index contributed by atoms with van der Waals surface area (Å²) in [7, 11) is 0. The third kappa shape index (κ3) is 2.98. The average Bonchev–Trinajstić information content (AvgIpc) is 2.92. The van der Waals surface area contributed by atoms with E-state index in [-0.39, 0.29) is 5.91 Å². The number of nitrogens with zero attached hydrogens (tertiary/aromatic N) is 2. The first-order valence-electron chi connectivity index (χ1n) is 5.78. The number of hydrogen-bond acceptors (Lipinski definition) is 3. The van der Waals surface area contributed by atoms with E-state index in [0.29, 0.717) is 11.3 Å². The number of hydrogen-bond donors (Lipinski definition) is 2. The van der Waals surface area contributed by atoms with Gasteiger partial charge in [0.1, 0.15) is 6.04 Å². The van der Waals surface area contributed by atoms with E-state index >= 15 is 0 Å². The van der Waals surface area contributed by atoms with Gasteiger partial charge in [0.2, 0.25) is 11.8 Å². The normalized spacial score (nSPS) is 11.8. The second-order valence-corrected chi connectivity index (χ2v) is 4.09. The number of aromatic nitrogens is 2. The molecule has 0 saturated carbocycles. The molecule has 6 heteroatoms. The zero-order valence-corrected chi connectivity index (χ0v) is 10.4. The molecule has 0 aliphatic heterocycles. The fourth-order valence-corrected chi connectivity index (χ4v) is 1.59. The lowest BCUT2D eigenvalue weighted by Gasteiger charge is -2.12. The second-order valence-electron chi connectivity index (χ2n) is 4.09. The first kappa shape index (κ1) is 12.8. The molecule has 1 atom stereocenters. The Hall–Kier alpha value is -2.63. The number of amides is 2. The van der Waals surface area contributed by atoms with Gasteiger partial charge in [0.25, 0.3) is 0 Å². The maximum absolute atomic E-state index is 12.0. The van der Waals surface area contributed by atoms with Crippen LogP contribution in [0.4, 0.5) is 5.69 Å². The van der Waals surface area contributed by atoms with Crippen LogP contribution in [0.2, 0.25) is 0 Å². The molecule has 1 aromatic carbocycles. The molecule has 0 bridgehead atoms. The molecule has 19 heavy (non-hydrogen) atoms. The molecule has 3 N–H and O–H groups in total. The lowest BCUT2D eigenvalue weighted by molar-refractivity contribution is -0.119. The highest BCUT2D eigenvalue weighted by atomic mass is 16.2. The summed E-state index contributed by atoms with van der Waals surface area (Å²) >= 11 is 0. The van der Waals surface area contributed by atoms with E-state index in [4.69, 9.17) is 5.73 Å². The van der Waals surface area contributed by atoms with Gasteiger partial charge >= 0.3 is 0 Å². The van der Waals surface area contributed by atoms with Crippen molar-refractivity contribution in [2.45, 2.75) is 13.0 Å². The van der Waals surface area contributed by atoms with E-state index in [9.17, 15) is 9.59 Å². The zero-order valence-electron chi connectivity index (χ0n) is 10.4. The first-order chi connectivity index (χ1) is 9.08. The summed E-state index contributed by atoms with van der Waals surface area (Å²) in [5.41, 5.74) is 6.15. The third-order valence-electron chi connectivity index (χ3n) is 2.74. The van der Waals surface area contributed by atoms with E-state index < -0.39 is 11.9 Å². The predicted octanol–water partition coefficient (Wildman–Crippen LogP) is 1.18. The number of nitrogens with two attached hydrogens (primary N) is 1. The highest BCUT2D eigenvalue weighted by Gasteiger charge is 2.14. The van der Waals surface area contributed by atoms with Crippen molar-refractivity contribution in [2.24, 2.45) is 5.73 Å². The number of primary amides is 1. The van der Waals surface area contributed by atoms with E-state index in [2.05, 4.69) is 10.4 Å². The summed E-state index contributed by atoms with van der Waals surface area (Å²) in [5, 5.41) is 6.76. The van der Waals surface area contributed by atoms with Crippen LogP contribution in [0.5, 0.6) is 0 Å². The van der Waals surface area contributed by atoms with E-state index in [1.807, 2.05) is 0 Å². The van der Waals surface area contributed by atoms with Crippen molar-refractivity contribution in [3.05, 3.63) is 48.3 Å². The van der Waals surface area contributed by atoms with Crippen LogP contribution in [0, 0.1) is 0 Å². The second kappa shape index (κ2) is 5.34. The Morgan fingerprint density at radius 1 is 1.32 bits per heavy atom. The molecule has 0 aliphatic rings. The van der Waals surface area contributed by atoms with Crippen molar-refractivity contribution in [1.29, 1.82) is 0 Å². The lowest BCUT2D eigenvalue weighted by Crippen LogP contribution is -2.24. The Bertz CT molecular complexity index is 575. The standard InChI is InChI=1S/C13H14N4O2/c1-9(17-8-2-7-15-17)13(19)16-11-5-3-10(4-6-11)12(14)18/h2-9H,1H3,(H2,14,18)(H,16,19)/t9-/m0/s1. The maximum Gasteiger partial charge on any atom is 0.248 e. The van der Waals surface area contributed by atoms with Crippen molar-refractivity contribution in [1.82, 2.24) is 9.78 Å². The van der Waals surface area contributed by atoms with Crippen LogP contribution in [-0.2, 0) is 4.79 Å². The quantitative estimate of drug-likeness (QED) is 0.862. The van der Waals surface area contributed by atoms with Crippen LogP contribution in [0.1, 0.15) is 23.3 Å². The zero-order chi connectivity index (χ0) is 13.8. The van der Waals surface area contributed by atoms with Gasteiger partial charge in [0.05, 0.1) is 0 Å². The summed E-state index contributed by atoms with van der Waals surface area (Å²) < 4.78 is 1.56. The number of carbonyl (C=O) groups excluding carboxylic acids is 2. The van der Waals surface area contributed by atoms with Crippen molar-refractivity contribution in [2.75, 3.05) is 5.32 Å². The molecule has 0 aliphatic carbocycles. The molecule has 1 aromatic heterocycles. The van der Waals surface area contributed by atoms with Crippen LogP contribution >= 0.6 is 0 Å². The molecule has 0 saturated heterocycles. The van der Waals surface area contributed by atoms with Gasteiger partial charge in [-0.15, -0.1) is 0 Å². The Labute approximate surface area is 110 Å². The molecule has 0 spiro atoms. The summed E-state index contributed by atoms with van der Waals surface area (Å²) in [4.78, 5) is 22.9. The molecular weight excluding hydrogens is 244 g/mol. The topological polar surface area (TPSA) is 90.0 Å². The molecule has 1 heterocycles. The Balaban J connectivity index is 2.04. The van der Waals surface area contributed by atoms with Crippen LogP contribution in [0.15, 0.2) is 42.7 Å². The maximum atomic E-state index is 12.0. The Morgan fingerprint density at radius 2 is 2.00 bits per heavy atom. The lowest BCUT2D eigenvalue weighted by atomic mass is 10.2. The third-order valence-corrected chi connectivity index (χ3v) is 2.74. The van der Waals surface area contributed by atoms with Crippen molar-refractivity contribution in [3.8, 4) is 0 Å². The van der Waals surface area contributed by atoms with Gasteiger partial charge in [0.15, 0.2) is 0 Å². The van der Waals surface area contributed by atoms with E-state index in [0.717, 1.165) is 0 Å². The van der Waals surface area contributed by atoms with Gasteiger partial charge in [-0.05, 0) is 37.3 Å². The van der Waals surface area contributed by atoms with E-state index in [1.54, 1.807) is 54.3 Å². The van der Waals surface area contributed by atoms with Crippen molar-refractivity contribution >= 4 is 17.5 Å². The monoisotopic (exact) mass is 258 g/mol. The molecule has 0 fully saturated rings. The van der Waals surface area contributed by atoms with Gasteiger partial charge in [-0.2, -0.15) is 5.10 Å². The fraction of sp³-hybridized carbons (Fsp3) is 0.154. The number of nitrogens with one attached hydrogen (secondary N) is 1. The summed E-state index contributed by atoms with van der Waals surface area (Å²) in [5.74, 6) is -0.682. The number of anilines is 1. The molecule has 2 rings (SSSR count). The molecule has 2 aromatic rings. The Kier molecular flexibility index (Phi) is 3.61. The fourth-order valence-electron chi connectivity index (χ4n) is 1.59. The largest absolute Gasteiger partial charge is 0.366 e. The molecule has 0 unspecified atom stereocenters. The van der Waals surface area contributed by atoms with Crippen LogP contribution in [0.25, 0.3) is 0 Å². The number of benzene rings is 1. The molecule has 0 radical (unpaired) electrons. The molecule has 98 valence electrons. The minimum absolute atomic E-state index is 0.185. The minimum Gasteiger partial charge on any atom is -0.366 e. The van der Waals surface area contributed by atoms with Crippen LogP contribution in [0.3, 0.4) is 0 Å². The summed E-state index contributed by atoms with van der Waals surface area (Å²) in [6.07, 6.45) is 3.34. The molecule has 6 nitrogen and oxygen atoms in total. The van der Waals surface area contributed by atoms with Gasteiger partial charge in [-0.1, -0.05) is 0 Å². The van der Waals surface area contributed by atoms with Gasteiger partial charge in [-0.3, -0.25) is 14.3 Å². The summed E-state index contributed by atoms with van der Waals surface area (Å²) in [6.45, 7) is 1.75. The highest BCUT2D eigenvalue weighted by Crippen LogP contribution is 2.12. The predicted molar refractivity (Wildman–Crippen MR) is 70.5 cm³/mol.